The molecule has 2 rings (SSSR count). The van der Waals surface area contributed by atoms with Crippen LogP contribution >= 0.6 is 0 Å². The molecule has 0 bridgehead atoms. The maximum absolute atomic E-state index is 8.93. The second kappa shape index (κ2) is 6.62. The van der Waals surface area contributed by atoms with Gasteiger partial charge in [-0.1, -0.05) is 75.4 Å². The van der Waals surface area contributed by atoms with Crippen molar-refractivity contribution in [2.75, 3.05) is 0 Å². The molecule has 22 heavy (non-hydrogen) atoms. The standard InChI is InChI=1S/C21H23N/c1-16-15-19(8-6-5-7-17(16)13-14-22)18-9-11-20(12-10-18)21(2,3)4/h5-12,15H,13H2,1-4H3/b6-5?,7-5+,8-6+,16-15?,17-7?,17-16?,19-8?,19-15?. The molecule has 0 fully saturated rings. The van der Waals surface area contributed by atoms with Gasteiger partial charge in [-0.15, -0.1) is 0 Å². The first-order valence-electron chi connectivity index (χ1n) is 7.66. The fraction of sp³-hybridized carbons (Fsp3) is 0.286. The van der Waals surface area contributed by atoms with E-state index in [0.717, 1.165) is 11.1 Å². The van der Waals surface area contributed by atoms with Gasteiger partial charge in [0.25, 0.3) is 0 Å². The van der Waals surface area contributed by atoms with Gasteiger partial charge in [0.15, 0.2) is 0 Å². The summed E-state index contributed by atoms with van der Waals surface area (Å²) < 4.78 is 0. The van der Waals surface area contributed by atoms with E-state index in [-0.39, 0.29) is 5.41 Å². The van der Waals surface area contributed by atoms with Gasteiger partial charge in [-0.3, -0.25) is 0 Å². The molecule has 1 aliphatic rings. The summed E-state index contributed by atoms with van der Waals surface area (Å²) >= 11 is 0. The Balaban J connectivity index is 2.39. The van der Waals surface area contributed by atoms with Gasteiger partial charge in [0.2, 0.25) is 0 Å². The van der Waals surface area contributed by atoms with Crippen LogP contribution in [-0.2, 0) is 5.41 Å². The molecule has 0 aliphatic heterocycles. The number of rotatable bonds is 2. The summed E-state index contributed by atoms with van der Waals surface area (Å²) in [6, 6.07) is 11.0. The molecule has 0 amide bonds. The number of hydrogen-bond acceptors (Lipinski definition) is 1. The van der Waals surface area contributed by atoms with E-state index < -0.39 is 0 Å². The topological polar surface area (TPSA) is 23.8 Å². The van der Waals surface area contributed by atoms with E-state index in [2.05, 4.69) is 70.2 Å². The van der Waals surface area contributed by atoms with Crippen LogP contribution in [0.1, 0.15) is 45.2 Å². The first-order chi connectivity index (χ1) is 10.4. The Bertz CT molecular complexity index is 696. The first-order valence-corrected chi connectivity index (χ1v) is 7.66. The van der Waals surface area contributed by atoms with Crippen LogP contribution in [0, 0.1) is 11.3 Å². The second-order valence-electron chi connectivity index (χ2n) is 6.69. The zero-order chi connectivity index (χ0) is 16.2. The first kappa shape index (κ1) is 16.0. The minimum atomic E-state index is 0.169. The molecule has 1 nitrogen and oxygen atoms in total. The highest BCUT2D eigenvalue weighted by atomic mass is 14.2. The quantitative estimate of drug-likeness (QED) is 0.682. The summed E-state index contributed by atoms with van der Waals surface area (Å²) in [5.74, 6) is 0. The number of benzene rings is 1. The van der Waals surface area contributed by atoms with Crippen LogP contribution < -0.4 is 0 Å². The van der Waals surface area contributed by atoms with Crippen LogP contribution in [0.5, 0.6) is 0 Å². The summed E-state index contributed by atoms with van der Waals surface area (Å²) in [6.45, 7) is 8.74. The average molecular weight is 289 g/mol. The Morgan fingerprint density at radius 3 is 2.23 bits per heavy atom. The maximum Gasteiger partial charge on any atom is 0.0669 e. The lowest BCUT2D eigenvalue weighted by atomic mass is 9.86. The third kappa shape index (κ3) is 3.86. The molecule has 1 heteroatoms. The van der Waals surface area contributed by atoms with Gasteiger partial charge in [0.1, 0.15) is 0 Å². The van der Waals surface area contributed by atoms with Crippen molar-refractivity contribution >= 4 is 5.57 Å². The average Bonchev–Trinajstić information content (AvgIpc) is 2.46. The van der Waals surface area contributed by atoms with Crippen molar-refractivity contribution in [3.05, 3.63) is 76.9 Å². The van der Waals surface area contributed by atoms with Crippen molar-refractivity contribution in [2.24, 2.45) is 0 Å². The monoisotopic (exact) mass is 289 g/mol. The van der Waals surface area contributed by atoms with Crippen molar-refractivity contribution < 1.29 is 0 Å². The van der Waals surface area contributed by atoms with Crippen molar-refractivity contribution in [3.8, 4) is 6.07 Å². The van der Waals surface area contributed by atoms with Gasteiger partial charge >= 0.3 is 0 Å². The van der Waals surface area contributed by atoms with Crippen LogP contribution in [-0.4, -0.2) is 0 Å². The van der Waals surface area contributed by atoms with Gasteiger partial charge in [-0.2, -0.15) is 5.26 Å². The third-order valence-corrected chi connectivity index (χ3v) is 3.92. The van der Waals surface area contributed by atoms with Crippen LogP contribution in [0.3, 0.4) is 0 Å². The summed E-state index contributed by atoms with van der Waals surface area (Å²) in [7, 11) is 0. The van der Waals surface area contributed by atoms with Gasteiger partial charge in [-0.25, -0.2) is 0 Å². The molecule has 1 aliphatic carbocycles. The van der Waals surface area contributed by atoms with Crippen molar-refractivity contribution in [2.45, 2.75) is 39.5 Å². The lowest BCUT2D eigenvalue weighted by molar-refractivity contribution is 0.590. The Morgan fingerprint density at radius 1 is 1.00 bits per heavy atom. The fourth-order valence-electron chi connectivity index (χ4n) is 2.46. The van der Waals surface area contributed by atoms with E-state index >= 15 is 0 Å². The SMILES string of the molecule is CC1=C(CC#N)/C=C/C=C/C(c2ccc(C(C)(C)C)cc2)=C1. The summed E-state index contributed by atoms with van der Waals surface area (Å²) in [5, 5.41) is 8.93. The van der Waals surface area contributed by atoms with E-state index in [1.807, 2.05) is 18.2 Å². The van der Waals surface area contributed by atoms with Crippen LogP contribution in [0.2, 0.25) is 0 Å². The maximum atomic E-state index is 8.93. The molecule has 1 aromatic carbocycles. The number of nitrogens with zero attached hydrogens (tertiary/aromatic N) is 1. The number of allylic oxidation sites excluding steroid dienone is 8. The molecule has 0 spiro atoms. The highest BCUT2D eigenvalue weighted by Crippen LogP contribution is 2.27. The molecule has 0 aromatic heterocycles. The predicted molar refractivity (Wildman–Crippen MR) is 94.3 cm³/mol. The fourth-order valence-corrected chi connectivity index (χ4v) is 2.46. The molecule has 0 saturated heterocycles. The van der Waals surface area contributed by atoms with E-state index in [0.29, 0.717) is 6.42 Å². The van der Waals surface area contributed by atoms with E-state index in [9.17, 15) is 0 Å². The largest absolute Gasteiger partial charge is 0.198 e. The van der Waals surface area contributed by atoms with Gasteiger partial charge in [-0.05, 0) is 40.2 Å². The minimum absolute atomic E-state index is 0.169. The predicted octanol–water partition coefficient (Wildman–Crippen LogP) is 5.72. The molecule has 112 valence electrons. The third-order valence-electron chi connectivity index (χ3n) is 3.92. The summed E-state index contributed by atoms with van der Waals surface area (Å²) in [6.07, 6.45) is 10.8. The van der Waals surface area contributed by atoms with Crippen LogP contribution in [0.4, 0.5) is 0 Å². The Kier molecular flexibility index (Phi) is 4.83. The van der Waals surface area contributed by atoms with E-state index in [1.54, 1.807) is 0 Å². The Hall–Kier alpha value is -2.33. The number of nitriles is 1. The molecule has 1 aromatic rings. The van der Waals surface area contributed by atoms with Gasteiger partial charge in [0.05, 0.1) is 12.5 Å². The zero-order valence-corrected chi connectivity index (χ0v) is 13.9. The van der Waals surface area contributed by atoms with E-state index in [1.165, 1.54) is 16.7 Å². The molecule has 0 unspecified atom stereocenters. The molecule has 0 radical (unpaired) electrons. The van der Waals surface area contributed by atoms with Crippen LogP contribution in [0.25, 0.3) is 5.57 Å². The van der Waals surface area contributed by atoms with Gasteiger partial charge in [0, 0.05) is 0 Å². The molecule has 0 heterocycles. The van der Waals surface area contributed by atoms with Crippen molar-refractivity contribution in [3.63, 3.8) is 0 Å². The van der Waals surface area contributed by atoms with Crippen molar-refractivity contribution in [1.29, 1.82) is 5.26 Å². The summed E-state index contributed by atoms with van der Waals surface area (Å²) in [5.41, 5.74) is 6.12. The second-order valence-corrected chi connectivity index (χ2v) is 6.69. The zero-order valence-electron chi connectivity index (χ0n) is 13.9. The van der Waals surface area contributed by atoms with Crippen LogP contribution in [0.15, 0.2) is 65.8 Å². The van der Waals surface area contributed by atoms with Crippen molar-refractivity contribution in [1.82, 2.24) is 0 Å². The minimum Gasteiger partial charge on any atom is -0.198 e. The van der Waals surface area contributed by atoms with E-state index in [4.69, 9.17) is 5.26 Å². The summed E-state index contributed by atoms with van der Waals surface area (Å²) in [4.78, 5) is 0. The lowest BCUT2D eigenvalue weighted by Gasteiger charge is -2.19. The highest BCUT2D eigenvalue weighted by molar-refractivity contribution is 5.77. The molecule has 0 atom stereocenters. The normalized spacial score (nSPS) is 18.0. The molecular weight excluding hydrogens is 266 g/mol. The molecule has 0 N–H and O–H groups in total. The molecular formula is C21H23N. The smallest absolute Gasteiger partial charge is 0.0669 e. The Morgan fingerprint density at radius 2 is 1.64 bits per heavy atom. The lowest BCUT2D eigenvalue weighted by Crippen LogP contribution is -2.10. The van der Waals surface area contributed by atoms with Gasteiger partial charge < -0.3 is 0 Å². The Labute approximate surface area is 134 Å². The highest BCUT2D eigenvalue weighted by Gasteiger charge is 2.13. The molecule has 0 saturated carbocycles. The number of hydrogen-bond donors (Lipinski definition) is 0.